The number of oxazole rings is 1. The predicted molar refractivity (Wildman–Crippen MR) is 158 cm³/mol. The van der Waals surface area contributed by atoms with Crippen LogP contribution in [0.5, 0.6) is 0 Å². The molecule has 3 nitrogen and oxygen atoms in total. The van der Waals surface area contributed by atoms with Crippen molar-refractivity contribution < 1.29 is 4.42 Å². The van der Waals surface area contributed by atoms with Gasteiger partial charge in [-0.05, 0) is 76.7 Å². The lowest BCUT2D eigenvalue weighted by atomic mass is 9.87. The minimum absolute atomic E-state index is 0.129. The van der Waals surface area contributed by atoms with E-state index in [2.05, 4.69) is 121 Å². The summed E-state index contributed by atoms with van der Waals surface area (Å²) in [5.74, 6) is 0.647. The van der Waals surface area contributed by atoms with E-state index < -0.39 is 0 Å². The molecule has 5 aromatic carbocycles. The molecule has 0 saturated carbocycles. The molecule has 184 valence electrons. The van der Waals surface area contributed by atoms with E-state index in [9.17, 15) is 0 Å². The van der Waals surface area contributed by atoms with Crippen LogP contribution in [0, 0.1) is 0 Å². The molecular formula is C35H28N2O. The van der Waals surface area contributed by atoms with Gasteiger partial charge in [0.25, 0.3) is 0 Å². The number of rotatable bonds is 3. The predicted octanol–water partition coefficient (Wildman–Crippen LogP) is 9.56. The van der Waals surface area contributed by atoms with E-state index in [0.29, 0.717) is 5.89 Å². The Morgan fingerprint density at radius 3 is 2.03 bits per heavy atom. The molecule has 0 bridgehead atoms. The molecule has 0 radical (unpaired) electrons. The monoisotopic (exact) mass is 492 g/mol. The van der Waals surface area contributed by atoms with Gasteiger partial charge in [0.05, 0.1) is 11.0 Å². The summed E-state index contributed by atoms with van der Waals surface area (Å²) >= 11 is 0. The molecule has 2 heterocycles. The van der Waals surface area contributed by atoms with Crippen LogP contribution in [0.3, 0.4) is 0 Å². The van der Waals surface area contributed by atoms with Crippen molar-refractivity contribution in [3.8, 4) is 28.3 Å². The molecule has 0 aliphatic heterocycles. The highest BCUT2D eigenvalue weighted by Gasteiger charge is 2.16. The van der Waals surface area contributed by atoms with Gasteiger partial charge in [0.15, 0.2) is 5.58 Å². The number of para-hydroxylation sites is 3. The van der Waals surface area contributed by atoms with Crippen LogP contribution in [0.25, 0.3) is 61.2 Å². The maximum absolute atomic E-state index is 5.96. The highest BCUT2D eigenvalue weighted by Crippen LogP contribution is 2.36. The van der Waals surface area contributed by atoms with Crippen LogP contribution < -0.4 is 0 Å². The van der Waals surface area contributed by atoms with Gasteiger partial charge in [-0.2, -0.15) is 0 Å². The van der Waals surface area contributed by atoms with Crippen molar-refractivity contribution in [1.82, 2.24) is 9.55 Å². The van der Waals surface area contributed by atoms with E-state index in [1.807, 2.05) is 24.3 Å². The Morgan fingerprint density at radius 2 is 1.26 bits per heavy atom. The van der Waals surface area contributed by atoms with Gasteiger partial charge in [0, 0.05) is 22.0 Å². The first-order valence-electron chi connectivity index (χ1n) is 13.1. The number of benzene rings is 5. The minimum atomic E-state index is 0.129. The minimum Gasteiger partial charge on any atom is -0.436 e. The Hall–Kier alpha value is -4.63. The summed E-state index contributed by atoms with van der Waals surface area (Å²) < 4.78 is 8.33. The van der Waals surface area contributed by atoms with Crippen molar-refractivity contribution in [3.63, 3.8) is 0 Å². The average Bonchev–Trinajstić information content (AvgIpc) is 3.52. The molecule has 0 unspecified atom stereocenters. The van der Waals surface area contributed by atoms with Gasteiger partial charge in [-0.25, -0.2) is 4.98 Å². The highest BCUT2D eigenvalue weighted by molar-refractivity contribution is 6.10. The van der Waals surface area contributed by atoms with Gasteiger partial charge >= 0.3 is 0 Å². The molecule has 0 aliphatic rings. The average molecular weight is 493 g/mol. The molecule has 7 aromatic rings. The number of aromatic nitrogens is 2. The van der Waals surface area contributed by atoms with Crippen LogP contribution in [0.15, 0.2) is 120 Å². The van der Waals surface area contributed by atoms with Crippen molar-refractivity contribution >= 4 is 32.9 Å². The Labute approximate surface area is 222 Å². The molecule has 0 atom stereocenters. The first-order chi connectivity index (χ1) is 18.5. The van der Waals surface area contributed by atoms with Gasteiger partial charge in [-0.1, -0.05) is 81.4 Å². The lowest BCUT2D eigenvalue weighted by molar-refractivity contribution is 0.590. The van der Waals surface area contributed by atoms with E-state index in [1.165, 1.54) is 38.6 Å². The Bertz CT molecular complexity index is 1900. The molecule has 38 heavy (non-hydrogen) atoms. The maximum Gasteiger partial charge on any atom is 0.227 e. The zero-order valence-electron chi connectivity index (χ0n) is 21.8. The third-order valence-electron chi connectivity index (χ3n) is 7.42. The molecule has 3 heteroatoms. The smallest absolute Gasteiger partial charge is 0.227 e. The zero-order valence-corrected chi connectivity index (χ0v) is 21.8. The number of nitrogens with zero attached hydrogens (tertiary/aromatic N) is 2. The second-order valence-corrected chi connectivity index (χ2v) is 10.9. The van der Waals surface area contributed by atoms with Crippen LogP contribution in [-0.2, 0) is 5.41 Å². The van der Waals surface area contributed by atoms with Crippen molar-refractivity contribution in [2.45, 2.75) is 26.2 Å². The standard InChI is InChI=1S/C35H28N2O/c1-35(2,3)26-17-19-27(20-18-26)37-31-10-6-4-8-28(31)29-22-25(16-21-32(29)37)23-12-14-24(15-13-23)34-36-30-9-5-7-11-33(30)38-34/h4-22H,1-3H3. The summed E-state index contributed by atoms with van der Waals surface area (Å²) in [5, 5.41) is 2.51. The first-order valence-corrected chi connectivity index (χ1v) is 13.1. The normalized spacial score (nSPS) is 12.1. The topological polar surface area (TPSA) is 31.0 Å². The molecule has 0 aliphatic carbocycles. The van der Waals surface area contributed by atoms with Crippen LogP contribution in [-0.4, -0.2) is 9.55 Å². The van der Waals surface area contributed by atoms with Crippen molar-refractivity contribution in [2.24, 2.45) is 0 Å². The fourth-order valence-electron chi connectivity index (χ4n) is 5.34. The molecule has 0 fully saturated rings. The Kier molecular flexibility index (Phi) is 5.02. The summed E-state index contributed by atoms with van der Waals surface area (Å²) in [6.07, 6.45) is 0. The number of hydrogen-bond acceptors (Lipinski definition) is 2. The Morgan fingerprint density at radius 1 is 0.605 bits per heavy atom. The fraction of sp³-hybridized carbons (Fsp3) is 0.114. The summed E-state index contributed by atoms with van der Waals surface area (Å²) in [5.41, 5.74) is 10.1. The lowest BCUT2D eigenvalue weighted by Gasteiger charge is -2.19. The van der Waals surface area contributed by atoms with Crippen LogP contribution in [0.1, 0.15) is 26.3 Å². The second-order valence-electron chi connectivity index (χ2n) is 10.9. The molecule has 0 spiro atoms. The third-order valence-corrected chi connectivity index (χ3v) is 7.42. The largest absolute Gasteiger partial charge is 0.436 e. The number of hydrogen-bond donors (Lipinski definition) is 0. The SMILES string of the molecule is CC(C)(C)c1ccc(-n2c3ccccc3c3cc(-c4ccc(-c5nc6ccccc6o5)cc4)ccc32)cc1. The lowest BCUT2D eigenvalue weighted by Crippen LogP contribution is -2.10. The van der Waals surface area contributed by atoms with Gasteiger partial charge in [-0.3, -0.25) is 0 Å². The second kappa shape index (κ2) is 8.46. The van der Waals surface area contributed by atoms with Gasteiger partial charge in [-0.15, -0.1) is 0 Å². The molecule has 7 rings (SSSR count). The van der Waals surface area contributed by atoms with Crippen LogP contribution in [0.2, 0.25) is 0 Å². The van der Waals surface area contributed by atoms with Gasteiger partial charge < -0.3 is 8.98 Å². The van der Waals surface area contributed by atoms with Crippen molar-refractivity contribution in [3.05, 3.63) is 121 Å². The van der Waals surface area contributed by atoms with E-state index in [4.69, 9.17) is 4.42 Å². The van der Waals surface area contributed by atoms with Crippen LogP contribution >= 0.6 is 0 Å². The fourth-order valence-corrected chi connectivity index (χ4v) is 5.34. The molecule has 0 N–H and O–H groups in total. The van der Waals surface area contributed by atoms with Crippen molar-refractivity contribution in [2.75, 3.05) is 0 Å². The van der Waals surface area contributed by atoms with E-state index in [-0.39, 0.29) is 5.41 Å². The summed E-state index contributed by atoms with van der Waals surface area (Å²) in [6, 6.07) is 40.8. The molecular weight excluding hydrogens is 464 g/mol. The third kappa shape index (κ3) is 3.71. The Balaban J connectivity index is 1.31. The summed E-state index contributed by atoms with van der Waals surface area (Å²) in [7, 11) is 0. The maximum atomic E-state index is 5.96. The quantitative estimate of drug-likeness (QED) is 0.246. The van der Waals surface area contributed by atoms with Crippen LogP contribution in [0.4, 0.5) is 0 Å². The van der Waals surface area contributed by atoms with Gasteiger partial charge in [0.1, 0.15) is 5.52 Å². The number of fused-ring (bicyclic) bond motifs is 4. The molecule has 2 aromatic heterocycles. The molecule has 0 amide bonds. The highest BCUT2D eigenvalue weighted by atomic mass is 16.3. The first kappa shape index (κ1) is 22.6. The van der Waals surface area contributed by atoms with E-state index in [0.717, 1.165) is 22.2 Å². The van der Waals surface area contributed by atoms with E-state index >= 15 is 0 Å². The summed E-state index contributed by atoms with van der Waals surface area (Å²) in [6.45, 7) is 6.76. The van der Waals surface area contributed by atoms with Crippen molar-refractivity contribution in [1.29, 1.82) is 0 Å². The van der Waals surface area contributed by atoms with Gasteiger partial charge in [0.2, 0.25) is 5.89 Å². The summed E-state index contributed by atoms with van der Waals surface area (Å²) in [4.78, 5) is 4.64. The van der Waals surface area contributed by atoms with E-state index in [1.54, 1.807) is 0 Å². The zero-order chi connectivity index (χ0) is 25.9. The molecule has 0 saturated heterocycles.